The molecule has 0 aliphatic rings. The summed E-state index contributed by atoms with van der Waals surface area (Å²) in [5.41, 5.74) is 5.86. The molecule has 1 N–H and O–H groups in total. The summed E-state index contributed by atoms with van der Waals surface area (Å²) in [5, 5.41) is 16.2. The van der Waals surface area contributed by atoms with Crippen LogP contribution in [0.3, 0.4) is 0 Å². The van der Waals surface area contributed by atoms with Crippen LogP contribution in [-0.4, -0.2) is 39.1 Å². The molecule has 2 aromatic heterocycles. The molecule has 0 saturated carbocycles. The molecule has 3 rings (SSSR count). The summed E-state index contributed by atoms with van der Waals surface area (Å²) < 4.78 is 1.59. The quantitative estimate of drug-likeness (QED) is 0.559. The van der Waals surface area contributed by atoms with Crippen molar-refractivity contribution in [1.29, 1.82) is 0 Å². The van der Waals surface area contributed by atoms with Crippen LogP contribution in [0.4, 0.5) is 11.5 Å². The van der Waals surface area contributed by atoms with Crippen molar-refractivity contribution in [2.24, 2.45) is 5.10 Å². The molecule has 0 amide bonds. The highest BCUT2D eigenvalue weighted by Gasteiger charge is 2.00. The Morgan fingerprint density at radius 1 is 1.13 bits per heavy atom. The minimum absolute atomic E-state index is 0.633. The highest BCUT2D eigenvalue weighted by molar-refractivity contribution is 5.80. The van der Waals surface area contributed by atoms with Crippen LogP contribution >= 0.6 is 0 Å². The lowest BCUT2D eigenvalue weighted by Crippen LogP contribution is -2.21. The van der Waals surface area contributed by atoms with Crippen molar-refractivity contribution in [3.05, 3.63) is 48.3 Å². The van der Waals surface area contributed by atoms with E-state index in [0.717, 1.165) is 18.7 Å². The van der Waals surface area contributed by atoms with E-state index in [2.05, 4.69) is 68.8 Å². The second-order valence-electron chi connectivity index (χ2n) is 4.99. The highest BCUT2D eigenvalue weighted by atomic mass is 15.4. The number of fused-ring (bicyclic) bond motifs is 1. The van der Waals surface area contributed by atoms with Crippen molar-refractivity contribution in [1.82, 2.24) is 19.8 Å². The van der Waals surface area contributed by atoms with Gasteiger partial charge in [0.1, 0.15) is 6.33 Å². The van der Waals surface area contributed by atoms with Crippen LogP contribution in [0.2, 0.25) is 0 Å². The van der Waals surface area contributed by atoms with Crippen molar-refractivity contribution in [3.8, 4) is 0 Å². The number of anilines is 2. The van der Waals surface area contributed by atoms with Crippen molar-refractivity contribution in [3.63, 3.8) is 0 Å². The van der Waals surface area contributed by atoms with Crippen LogP contribution in [0, 0.1) is 0 Å². The molecule has 7 nitrogen and oxygen atoms in total. The maximum atomic E-state index is 4.29. The van der Waals surface area contributed by atoms with E-state index in [1.165, 1.54) is 5.69 Å². The molecule has 1 aromatic carbocycles. The Morgan fingerprint density at radius 3 is 2.65 bits per heavy atom. The van der Waals surface area contributed by atoms with Gasteiger partial charge in [-0.15, -0.1) is 15.3 Å². The van der Waals surface area contributed by atoms with Crippen molar-refractivity contribution in [2.45, 2.75) is 13.8 Å². The number of hydrogen-bond acceptors (Lipinski definition) is 6. The first-order valence-corrected chi connectivity index (χ1v) is 7.61. The van der Waals surface area contributed by atoms with E-state index in [-0.39, 0.29) is 0 Å². The molecule has 2 heterocycles. The zero-order valence-electron chi connectivity index (χ0n) is 13.2. The van der Waals surface area contributed by atoms with Gasteiger partial charge in [-0.3, -0.25) is 5.43 Å². The molecule has 7 heteroatoms. The lowest BCUT2D eigenvalue weighted by molar-refractivity contribution is 0.866. The number of nitrogens with one attached hydrogen (secondary N) is 1. The lowest BCUT2D eigenvalue weighted by atomic mass is 10.2. The summed E-state index contributed by atoms with van der Waals surface area (Å²) in [5.74, 6) is 0.633. The normalized spacial score (nSPS) is 11.2. The van der Waals surface area contributed by atoms with Crippen molar-refractivity contribution < 1.29 is 0 Å². The highest BCUT2D eigenvalue weighted by Crippen LogP contribution is 2.14. The van der Waals surface area contributed by atoms with Crippen LogP contribution in [-0.2, 0) is 0 Å². The molecule has 0 radical (unpaired) electrons. The van der Waals surface area contributed by atoms with Gasteiger partial charge in [-0.1, -0.05) is 12.1 Å². The molecule has 0 aliphatic heterocycles. The number of hydrogen-bond donors (Lipinski definition) is 1. The average Bonchev–Trinajstić information content (AvgIpc) is 3.05. The number of aromatic nitrogens is 4. The van der Waals surface area contributed by atoms with E-state index in [4.69, 9.17) is 0 Å². The van der Waals surface area contributed by atoms with Gasteiger partial charge in [0.25, 0.3) is 0 Å². The van der Waals surface area contributed by atoms with E-state index >= 15 is 0 Å². The molecule has 0 unspecified atom stereocenters. The van der Waals surface area contributed by atoms with Crippen LogP contribution in [0.1, 0.15) is 19.4 Å². The Hall–Kier alpha value is -2.96. The Morgan fingerprint density at radius 2 is 1.91 bits per heavy atom. The van der Waals surface area contributed by atoms with Crippen LogP contribution in [0.15, 0.2) is 47.8 Å². The minimum Gasteiger partial charge on any atom is -0.372 e. The number of nitrogens with zero attached hydrogens (tertiary/aromatic N) is 6. The van der Waals surface area contributed by atoms with Gasteiger partial charge in [0.15, 0.2) is 11.5 Å². The summed E-state index contributed by atoms with van der Waals surface area (Å²) in [6, 6.07) is 12.0. The summed E-state index contributed by atoms with van der Waals surface area (Å²) >= 11 is 0. The summed E-state index contributed by atoms with van der Waals surface area (Å²) in [6.45, 7) is 6.32. The van der Waals surface area contributed by atoms with Crippen LogP contribution in [0.25, 0.3) is 5.65 Å². The minimum atomic E-state index is 0.633. The second-order valence-corrected chi connectivity index (χ2v) is 4.99. The monoisotopic (exact) mass is 309 g/mol. The van der Waals surface area contributed by atoms with Gasteiger partial charge >= 0.3 is 0 Å². The predicted molar refractivity (Wildman–Crippen MR) is 92.0 cm³/mol. The fraction of sp³-hybridized carbons (Fsp3) is 0.250. The standard InChI is InChI=1S/C16H19N7/c1-3-22(4-2)14-7-5-13(6-8-14)11-17-19-15-9-10-16-20-18-12-23(16)21-15/h5-12H,3-4H2,1-2H3,(H,19,21)/b17-11+. The van der Waals surface area contributed by atoms with Gasteiger partial charge in [0, 0.05) is 18.8 Å². The Balaban J connectivity index is 1.65. The molecule has 23 heavy (non-hydrogen) atoms. The molecular formula is C16H19N7. The van der Waals surface area contributed by atoms with Gasteiger partial charge in [0.2, 0.25) is 0 Å². The van der Waals surface area contributed by atoms with Crippen LogP contribution in [0.5, 0.6) is 0 Å². The molecule has 0 spiro atoms. The first-order chi connectivity index (χ1) is 11.3. The first-order valence-electron chi connectivity index (χ1n) is 7.61. The topological polar surface area (TPSA) is 70.7 Å². The fourth-order valence-corrected chi connectivity index (χ4v) is 2.32. The Bertz CT molecular complexity index is 788. The molecule has 0 saturated heterocycles. The molecule has 0 bridgehead atoms. The Kier molecular flexibility index (Phi) is 4.46. The molecule has 0 fully saturated rings. The maximum absolute atomic E-state index is 4.29. The summed E-state index contributed by atoms with van der Waals surface area (Å²) in [4.78, 5) is 2.30. The Labute approximate surface area is 134 Å². The zero-order valence-corrected chi connectivity index (χ0v) is 13.2. The van der Waals surface area contributed by atoms with Crippen molar-refractivity contribution in [2.75, 3.05) is 23.4 Å². The zero-order chi connectivity index (χ0) is 16.1. The SMILES string of the molecule is CCN(CC)c1ccc(/C=N/Nc2ccc3nncn3n2)cc1. The molecule has 118 valence electrons. The lowest BCUT2D eigenvalue weighted by Gasteiger charge is -2.20. The summed E-state index contributed by atoms with van der Waals surface area (Å²) in [7, 11) is 0. The van der Waals surface area contributed by atoms with Gasteiger partial charge < -0.3 is 4.90 Å². The number of benzene rings is 1. The van der Waals surface area contributed by atoms with E-state index < -0.39 is 0 Å². The van der Waals surface area contributed by atoms with Gasteiger partial charge in [-0.25, -0.2) is 0 Å². The van der Waals surface area contributed by atoms with E-state index in [1.807, 2.05) is 12.1 Å². The predicted octanol–water partition coefficient (Wildman–Crippen LogP) is 2.42. The van der Waals surface area contributed by atoms with E-state index in [1.54, 1.807) is 17.1 Å². The van der Waals surface area contributed by atoms with Gasteiger partial charge in [-0.2, -0.15) is 9.62 Å². The third-order valence-corrected chi connectivity index (χ3v) is 3.58. The molecule has 0 aliphatic carbocycles. The van der Waals surface area contributed by atoms with Crippen LogP contribution < -0.4 is 10.3 Å². The first kappa shape index (κ1) is 15.0. The molecule has 0 atom stereocenters. The largest absolute Gasteiger partial charge is 0.372 e. The van der Waals surface area contributed by atoms with Gasteiger partial charge in [0.05, 0.1) is 6.21 Å². The smallest absolute Gasteiger partial charge is 0.177 e. The maximum Gasteiger partial charge on any atom is 0.177 e. The second kappa shape index (κ2) is 6.87. The molecule has 3 aromatic rings. The van der Waals surface area contributed by atoms with Crippen molar-refractivity contribution >= 4 is 23.4 Å². The van der Waals surface area contributed by atoms with E-state index in [0.29, 0.717) is 11.5 Å². The third-order valence-electron chi connectivity index (χ3n) is 3.58. The molecular weight excluding hydrogens is 290 g/mol. The fourth-order valence-electron chi connectivity index (χ4n) is 2.32. The number of rotatable bonds is 6. The average molecular weight is 309 g/mol. The number of hydrazone groups is 1. The third kappa shape index (κ3) is 3.45. The van der Waals surface area contributed by atoms with E-state index in [9.17, 15) is 0 Å². The summed E-state index contributed by atoms with van der Waals surface area (Å²) in [6.07, 6.45) is 3.32. The van der Waals surface area contributed by atoms with Gasteiger partial charge in [-0.05, 0) is 43.7 Å².